The first-order valence-corrected chi connectivity index (χ1v) is 12.0. The first kappa shape index (κ1) is 19.6. The van der Waals surface area contributed by atoms with Gasteiger partial charge >= 0.3 is 0 Å². The van der Waals surface area contributed by atoms with Crippen molar-refractivity contribution in [2.45, 2.75) is 38.0 Å². The number of hydrogen-bond donors (Lipinski definition) is 0. The molecule has 0 aromatic carbocycles. The number of piperidine rings is 1. The summed E-state index contributed by atoms with van der Waals surface area (Å²) in [6, 6.07) is 3.96. The van der Waals surface area contributed by atoms with Gasteiger partial charge in [0.2, 0.25) is 5.89 Å². The summed E-state index contributed by atoms with van der Waals surface area (Å²) in [7, 11) is 3.85. The van der Waals surface area contributed by atoms with Gasteiger partial charge in [0.1, 0.15) is 10.6 Å². The lowest BCUT2D eigenvalue weighted by Gasteiger charge is -2.32. The van der Waals surface area contributed by atoms with Gasteiger partial charge in [0, 0.05) is 50.0 Å². The molecule has 0 saturated carbocycles. The summed E-state index contributed by atoms with van der Waals surface area (Å²) >= 11 is 1.83. The van der Waals surface area contributed by atoms with Gasteiger partial charge < -0.3 is 14.3 Å². The molecule has 5 heterocycles. The molecule has 32 heavy (non-hydrogen) atoms. The highest BCUT2D eigenvalue weighted by Gasteiger charge is 2.31. The fourth-order valence-electron chi connectivity index (χ4n) is 4.78. The number of aromatic nitrogens is 5. The van der Waals surface area contributed by atoms with Gasteiger partial charge in [0.15, 0.2) is 5.82 Å². The molecule has 164 valence electrons. The van der Waals surface area contributed by atoms with Gasteiger partial charge in [-0.05, 0) is 55.0 Å². The third kappa shape index (κ3) is 3.31. The van der Waals surface area contributed by atoms with Crippen molar-refractivity contribution in [2.75, 3.05) is 37.0 Å². The zero-order valence-corrected chi connectivity index (χ0v) is 19.1. The largest absolute Gasteiger partial charge is 0.355 e. The smallest absolute Gasteiger partial charge is 0.265 e. The van der Waals surface area contributed by atoms with Crippen molar-refractivity contribution in [3.05, 3.63) is 40.9 Å². The second kappa shape index (κ2) is 7.81. The first-order valence-electron chi connectivity index (χ1n) is 11.2. The zero-order valence-electron chi connectivity index (χ0n) is 18.3. The van der Waals surface area contributed by atoms with Crippen molar-refractivity contribution in [1.82, 2.24) is 25.1 Å². The zero-order chi connectivity index (χ0) is 21.7. The van der Waals surface area contributed by atoms with Gasteiger partial charge in [-0.25, -0.2) is 9.97 Å². The van der Waals surface area contributed by atoms with Gasteiger partial charge in [-0.3, -0.25) is 4.98 Å². The molecular formula is C23H25N7OS. The van der Waals surface area contributed by atoms with Crippen molar-refractivity contribution >= 4 is 33.3 Å². The van der Waals surface area contributed by atoms with E-state index in [1.807, 2.05) is 48.7 Å². The summed E-state index contributed by atoms with van der Waals surface area (Å²) in [4.78, 5) is 25.8. The molecule has 0 radical (unpaired) electrons. The van der Waals surface area contributed by atoms with Crippen molar-refractivity contribution < 1.29 is 4.52 Å². The van der Waals surface area contributed by atoms with E-state index in [4.69, 9.17) is 14.5 Å². The Bertz CT molecular complexity index is 1270. The minimum absolute atomic E-state index is 0.198. The van der Waals surface area contributed by atoms with E-state index in [1.165, 1.54) is 22.2 Å². The van der Waals surface area contributed by atoms with E-state index in [1.54, 1.807) is 6.20 Å². The predicted molar refractivity (Wildman–Crippen MR) is 125 cm³/mol. The van der Waals surface area contributed by atoms with Gasteiger partial charge in [0.25, 0.3) is 5.95 Å². The third-order valence-electron chi connectivity index (χ3n) is 6.37. The Labute approximate surface area is 190 Å². The van der Waals surface area contributed by atoms with Crippen molar-refractivity contribution in [2.24, 2.45) is 0 Å². The molecule has 6 rings (SSSR count). The van der Waals surface area contributed by atoms with E-state index in [2.05, 4.69) is 20.0 Å². The average Bonchev–Trinajstić information content (AvgIpc) is 3.55. The molecule has 2 aliphatic rings. The lowest BCUT2D eigenvalue weighted by Crippen LogP contribution is -2.35. The number of nitrogens with zero attached hydrogens (tertiary/aromatic N) is 7. The van der Waals surface area contributed by atoms with Gasteiger partial charge in [-0.15, -0.1) is 11.3 Å². The monoisotopic (exact) mass is 447 g/mol. The summed E-state index contributed by atoms with van der Waals surface area (Å²) in [5.74, 6) is 3.33. The lowest BCUT2D eigenvalue weighted by molar-refractivity contribution is 0.333. The lowest BCUT2D eigenvalue weighted by atomic mass is 9.97. The highest BCUT2D eigenvalue weighted by molar-refractivity contribution is 7.19. The summed E-state index contributed by atoms with van der Waals surface area (Å²) in [5.41, 5.74) is 2.40. The second-order valence-electron chi connectivity index (χ2n) is 8.76. The Morgan fingerprint density at radius 1 is 1.16 bits per heavy atom. The molecule has 1 aliphatic heterocycles. The van der Waals surface area contributed by atoms with E-state index in [-0.39, 0.29) is 5.92 Å². The van der Waals surface area contributed by atoms with Crippen LogP contribution in [0.15, 0.2) is 29.0 Å². The molecule has 0 spiro atoms. The van der Waals surface area contributed by atoms with Crippen LogP contribution in [0.3, 0.4) is 0 Å². The van der Waals surface area contributed by atoms with Crippen LogP contribution in [0.4, 0.5) is 11.8 Å². The molecule has 1 atom stereocenters. The Morgan fingerprint density at radius 2 is 2.09 bits per heavy atom. The maximum absolute atomic E-state index is 5.62. The average molecular weight is 448 g/mol. The van der Waals surface area contributed by atoms with E-state index in [0.717, 1.165) is 60.8 Å². The molecule has 8 nitrogen and oxygen atoms in total. The third-order valence-corrected chi connectivity index (χ3v) is 7.55. The molecule has 0 bridgehead atoms. The number of aryl methyl sites for hydroxylation is 2. The Kier molecular flexibility index (Phi) is 4.78. The van der Waals surface area contributed by atoms with E-state index < -0.39 is 0 Å². The predicted octanol–water partition coefficient (Wildman–Crippen LogP) is 4.08. The number of pyridine rings is 1. The summed E-state index contributed by atoms with van der Waals surface area (Å²) in [6.45, 7) is 1.78. The Morgan fingerprint density at radius 3 is 2.91 bits per heavy atom. The van der Waals surface area contributed by atoms with Crippen LogP contribution >= 0.6 is 11.3 Å². The number of rotatable bonds is 4. The van der Waals surface area contributed by atoms with Crippen LogP contribution < -0.4 is 9.80 Å². The van der Waals surface area contributed by atoms with E-state index >= 15 is 0 Å². The minimum atomic E-state index is 0.198. The normalized spacial score (nSPS) is 18.3. The van der Waals surface area contributed by atoms with Gasteiger partial charge in [0.05, 0.1) is 11.3 Å². The fraction of sp³-hybridized carbons (Fsp3) is 0.435. The van der Waals surface area contributed by atoms with E-state index in [9.17, 15) is 0 Å². The molecule has 0 N–H and O–H groups in total. The Hall–Kier alpha value is -3.07. The van der Waals surface area contributed by atoms with Gasteiger partial charge in [-0.2, -0.15) is 4.98 Å². The first-order chi connectivity index (χ1) is 15.7. The molecule has 1 aliphatic carbocycles. The summed E-state index contributed by atoms with van der Waals surface area (Å²) in [5, 5.41) is 5.37. The molecule has 1 fully saturated rings. The van der Waals surface area contributed by atoms with E-state index in [0.29, 0.717) is 11.8 Å². The van der Waals surface area contributed by atoms with Crippen LogP contribution in [0, 0.1) is 0 Å². The van der Waals surface area contributed by atoms with Crippen LogP contribution in [-0.4, -0.2) is 52.3 Å². The highest BCUT2D eigenvalue weighted by Crippen LogP contribution is 2.42. The maximum Gasteiger partial charge on any atom is 0.265 e. The Balaban J connectivity index is 1.42. The maximum atomic E-state index is 5.62. The standard InChI is InChI=1S/C23H25N7OS/c1-29(2)23-27-21(31-28-23)15-7-5-11-30(13-15)20-18-16-8-3-9-17(16)32-22(18)26-19(25-20)14-6-4-10-24-12-14/h4,6,10,12,15H,3,5,7-9,11,13H2,1-2H3. The number of thiophene rings is 1. The summed E-state index contributed by atoms with van der Waals surface area (Å²) in [6.07, 6.45) is 9.21. The van der Waals surface area contributed by atoms with Gasteiger partial charge in [-0.1, -0.05) is 0 Å². The number of fused-ring (bicyclic) bond motifs is 3. The molecule has 1 unspecified atom stereocenters. The summed E-state index contributed by atoms with van der Waals surface area (Å²) < 4.78 is 5.62. The highest BCUT2D eigenvalue weighted by atomic mass is 32.1. The number of anilines is 2. The second-order valence-corrected chi connectivity index (χ2v) is 9.85. The van der Waals surface area contributed by atoms with Crippen molar-refractivity contribution in [3.63, 3.8) is 0 Å². The topological polar surface area (TPSA) is 84.1 Å². The minimum Gasteiger partial charge on any atom is -0.355 e. The number of hydrogen-bond acceptors (Lipinski definition) is 9. The molecule has 0 amide bonds. The molecule has 9 heteroatoms. The van der Waals surface area contributed by atoms with Crippen molar-refractivity contribution in [3.8, 4) is 11.4 Å². The molecule has 1 saturated heterocycles. The van der Waals surface area contributed by atoms with Crippen LogP contribution in [0.5, 0.6) is 0 Å². The van der Waals surface area contributed by atoms with Crippen LogP contribution in [0.2, 0.25) is 0 Å². The van der Waals surface area contributed by atoms with Crippen LogP contribution in [-0.2, 0) is 12.8 Å². The SMILES string of the molecule is CN(C)c1noc(C2CCCN(c3nc(-c4cccnc4)nc4sc5c(c34)CCC5)C2)n1. The quantitative estimate of drug-likeness (QED) is 0.463. The molecular weight excluding hydrogens is 422 g/mol. The fourth-order valence-corrected chi connectivity index (χ4v) is 6.03. The molecule has 4 aromatic heterocycles. The van der Waals surface area contributed by atoms with Crippen LogP contribution in [0.1, 0.15) is 41.5 Å². The van der Waals surface area contributed by atoms with Crippen molar-refractivity contribution in [1.29, 1.82) is 0 Å². The van der Waals surface area contributed by atoms with Crippen LogP contribution in [0.25, 0.3) is 21.6 Å². The molecule has 4 aromatic rings.